The van der Waals surface area contributed by atoms with Crippen molar-refractivity contribution in [3.63, 3.8) is 0 Å². The molecule has 3 heterocycles. The molecule has 1 atom stereocenters. The van der Waals surface area contributed by atoms with Crippen LogP contribution in [0.5, 0.6) is 0 Å². The molecule has 0 unspecified atom stereocenters. The van der Waals surface area contributed by atoms with Crippen LogP contribution in [-0.4, -0.2) is 44.3 Å². The van der Waals surface area contributed by atoms with Gasteiger partial charge in [0.05, 0.1) is 17.4 Å². The first-order valence-electron chi connectivity index (χ1n) is 11.5. The third-order valence-corrected chi connectivity index (χ3v) is 6.93. The van der Waals surface area contributed by atoms with Crippen LogP contribution in [0.25, 0.3) is 16.6 Å². The summed E-state index contributed by atoms with van der Waals surface area (Å²) in [5.74, 6) is 2.03. The number of benzene rings is 1. The van der Waals surface area contributed by atoms with Crippen LogP contribution in [0.1, 0.15) is 63.1 Å². The molecular formula is C24H31N5O. The van der Waals surface area contributed by atoms with Crippen molar-refractivity contribution >= 4 is 10.9 Å². The molecule has 6 nitrogen and oxygen atoms in total. The summed E-state index contributed by atoms with van der Waals surface area (Å²) in [7, 11) is 0. The summed E-state index contributed by atoms with van der Waals surface area (Å²) in [5, 5.41) is 5.69. The number of likely N-dealkylation sites (tertiary alicyclic amines) is 1. The molecule has 0 bridgehead atoms. The Balaban J connectivity index is 1.29. The number of rotatable bonds is 5. The van der Waals surface area contributed by atoms with E-state index in [9.17, 15) is 4.79 Å². The Labute approximate surface area is 177 Å². The lowest BCUT2D eigenvalue weighted by Crippen LogP contribution is -2.36. The minimum Gasteiger partial charge on any atom is -0.303 e. The highest BCUT2D eigenvalue weighted by atomic mass is 16.1. The van der Waals surface area contributed by atoms with Crippen LogP contribution in [0.15, 0.2) is 41.3 Å². The van der Waals surface area contributed by atoms with Gasteiger partial charge in [0, 0.05) is 17.8 Å². The van der Waals surface area contributed by atoms with Gasteiger partial charge >= 0.3 is 5.69 Å². The van der Waals surface area contributed by atoms with E-state index >= 15 is 0 Å². The molecule has 0 radical (unpaired) electrons. The monoisotopic (exact) mass is 405 g/mol. The second kappa shape index (κ2) is 8.72. The Hall–Kier alpha value is -2.47. The van der Waals surface area contributed by atoms with Crippen molar-refractivity contribution in [1.29, 1.82) is 0 Å². The maximum atomic E-state index is 12.6. The molecule has 2 aliphatic rings. The van der Waals surface area contributed by atoms with Gasteiger partial charge in [-0.05, 0) is 50.4 Å². The summed E-state index contributed by atoms with van der Waals surface area (Å²) in [4.78, 5) is 22.7. The summed E-state index contributed by atoms with van der Waals surface area (Å²) >= 11 is 0. The largest absolute Gasteiger partial charge is 0.348 e. The van der Waals surface area contributed by atoms with E-state index in [-0.39, 0.29) is 5.69 Å². The van der Waals surface area contributed by atoms with Gasteiger partial charge < -0.3 is 4.90 Å². The second-order valence-corrected chi connectivity index (χ2v) is 9.05. The predicted octanol–water partition coefficient (Wildman–Crippen LogP) is 4.26. The molecule has 1 saturated carbocycles. The van der Waals surface area contributed by atoms with Crippen molar-refractivity contribution in [2.45, 2.75) is 57.3 Å². The number of aromatic amines is 1. The Kier molecular flexibility index (Phi) is 5.67. The summed E-state index contributed by atoms with van der Waals surface area (Å²) in [6.07, 6.45) is 12.4. The Morgan fingerprint density at radius 1 is 1.07 bits per heavy atom. The minimum absolute atomic E-state index is 0.179. The molecule has 2 fully saturated rings. The molecule has 3 aromatic rings. The number of H-pyrrole nitrogens is 1. The first kappa shape index (κ1) is 19.5. The van der Waals surface area contributed by atoms with Crippen molar-refractivity contribution in [2.24, 2.45) is 5.92 Å². The lowest BCUT2D eigenvalue weighted by molar-refractivity contribution is 0.182. The van der Waals surface area contributed by atoms with Crippen LogP contribution in [0, 0.1) is 5.92 Å². The first-order chi connectivity index (χ1) is 14.8. The third-order valence-electron chi connectivity index (χ3n) is 6.93. The molecule has 158 valence electrons. The number of pyridine rings is 1. The highest BCUT2D eigenvalue weighted by molar-refractivity contribution is 5.79. The average molecular weight is 406 g/mol. The van der Waals surface area contributed by atoms with E-state index in [1.165, 1.54) is 62.7 Å². The summed E-state index contributed by atoms with van der Waals surface area (Å²) < 4.78 is 1.47. The zero-order valence-corrected chi connectivity index (χ0v) is 17.6. The Morgan fingerprint density at radius 3 is 2.83 bits per heavy atom. The average Bonchev–Trinajstić information content (AvgIpc) is 3.20. The fourth-order valence-electron chi connectivity index (χ4n) is 5.20. The fraction of sp³-hybridized carbons (Fsp3) is 0.542. The summed E-state index contributed by atoms with van der Waals surface area (Å²) in [6, 6.07) is 9.91. The van der Waals surface area contributed by atoms with E-state index in [0.29, 0.717) is 11.6 Å². The van der Waals surface area contributed by atoms with Crippen LogP contribution in [-0.2, 0) is 0 Å². The number of nitrogens with zero attached hydrogens (tertiary/aromatic N) is 4. The van der Waals surface area contributed by atoms with Crippen LogP contribution in [0.3, 0.4) is 0 Å². The topological polar surface area (TPSA) is 66.8 Å². The van der Waals surface area contributed by atoms with Crippen LogP contribution >= 0.6 is 0 Å². The molecule has 0 spiro atoms. The smallest absolute Gasteiger partial charge is 0.303 e. The van der Waals surface area contributed by atoms with Gasteiger partial charge in [-0.15, -0.1) is 5.10 Å². The normalized spacial score (nSPS) is 21.3. The molecule has 0 amide bonds. The number of piperidine rings is 1. The van der Waals surface area contributed by atoms with Gasteiger partial charge in [0.25, 0.3) is 0 Å². The van der Waals surface area contributed by atoms with Crippen molar-refractivity contribution in [3.8, 4) is 5.69 Å². The number of hydrogen-bond acceptors (Lipinski definition) is 4. The highest BCUT2D eigenvalue weighted by Gasteiger charge is 2.25. The van der Waals surface area contributed by atoms with E-state index in [4.69, 9.17) is 0 Å². The van der Waals surface area contributed by atoms with E-state index in [1.54, 1.807) is 6.20 Å². The minimum atomic E-state index is -0.179. The quantitative estimate of drug-likeness (QED) is 0.689. The maximum absolute atomic E-state index is 12.6. The second-order valence-electron chi connectivity index (χ2n) is 9.05. The number of nitrogens with one attached hydrogen (secondary N) is 1. The lowest BCUT2D eigenvalue weighted by Gasteiger charge is -2.33. The predicted molar refractivity (Wildman–Crippen MR) is 119 cm³/mol. The molecular weight excluding hydrogens is 374 g/mol. The van der Waals surface area contributed by atoms with Crippen molar-refractivity contribution in [2.75, 3.05) is 19.6 Å². The van der Waals surface area contributed by atoms with Gasteiger partial charge in [0.1, 0.15) is 5.82 Å². The number of fused-ring (bicyclic) bond motifs is 1. The standard InChI is InChI=1S/C24H31N5O/c30-24-26-23(27-29(24)21-15-19-9-4-5-11-22(19)25-16-21)20-10-6-13-28(17-20)14-12-18-7-2-1-3-8-18/h4-5,9,11,15-16,18,20H,1-3,6-8,10,12-14,17H2,(H,26,27,30)/t20-/m0/s1. The van der Waals surface area contributed by atoms with Gasteiger partial charge in [-0.1, -0.05) is 50.3 Å². The van der Waals surface area contributed by atoms with Gasteiger partial charge in [-0.2, -0.15) is 4.68 Å². The summed E-state index contributed by atoms with van der Waals surface area (Å²) in [5.41, 5.74) is 1.46. The van der Waals surface area contributed by atoms with Crippen molar-refractivity contribution in [3.05, 3.63) is 52.8 Å². The molecule has 1 saturated heterocycles. The van der Waals surface area contributed by atoms with Gasteiger partial charge in [0.15, 0.2) is 0 Å². The third kappa shape index (κ3) is 4.19. The fourth-order valence-corrected chi connectivity index (χ4v) is 5.20. The van der Waals surface area contributed by atoms with Crippen LogP contribution < -0.4 is 5.69 Å². The van der Waals surface area contributed by atoms with E-state index in [2.05, 4.69) is 20.0 Å². The van der Waals surface area contributed by atoms with E-state index in [1.807, 2.05) is 30.3 Å². The Bertz CT molecular complexity index is 1050. The Morgan fingerprint density at radius 2 is 1.93 bits per heavy atom. The lowest BCUT2D eigenvalue weighted by atomic mass is 9.86. The summed E-state index contributed by atoms with van der Waals surface area (Å²) in [6.45, 7) is 3.35. The van der Waals surface area contributed by atoms with Crippen LogP contribution in [0.4, 0.5) is 0 Å². The molecule has 1 N–H and O–H groups in total. The number of aromatic nitrogens is 4. The van der Waals surface area contributed by atoms with Gasteiger partial charge in [-0.3, -0.25) is 9.97 Å². The number of hydrogen-bond donors (Lipinski definition) is 1. The van der Waals surface area contributed by atoms with Gasteiger partial charge in [0.2, 0.25) is 0 Å². The van der Waals surface area contributed by atoms with Crippen molar-refractivity contribution in [1.82, 2.24) is 24.6 Å². The number of para-hydroxylation sites is 1. The SMILES string of the molecule is O=c1[nH]c([C@H]2CCCN(CCC3CCCCC3)C2)nn1-c1cnc2ccccc2c1. The van der Waals surface area contributed by atoms with E-state index in [0.717, 1.165) is 35.6 Å². The first-order valence-corrected chi connectivity index (χ1v) is 11.5. The zero-order valence-electron chi connectivity index (χ0n) is 17.6. The van der Waals surface area contributed by atoms with E-state index < -0.39 is 0 Å². The molecule has 1 aliphatic carbocycles. The molecule has 30 heavy (non-hydrogen) atoms. The molecule has 6 heteroatoms. The molecule has 1 aromatic carbocycles. The molecule has 2 aromatic heterocycles. The molecule has 1 aliphatic heterocycles. The zero-order chi connectivity index (χ0) is 20.3. The van der Waals surface area contributed by atoms with Gasteiger partial charge in [-0.25, -0.2) is 4.79 Å². The maximum Gasteiger partial charge on any atom is 0.348 e. The highest BCUT2D eigenvalue weighted by Crippen LogP contribution is 2.29. The van der Waals surface area contributed by atoms with Crippen LogP contribution in [0.2, 0.25) is 0 Å². The van der Waals surface area contributed by atoms with Crippen molar-refractivity contribution < 1.29 is 0 Å². The molecule has 5 rings (SSSR count).